The maximum absolute atomic E-state index is 10.5. The highest BCUT2D eigenvalue weighted by molar-refractivity contribution is 7.80. The molecule has 4 rings (SSSR count). The molecule has 0 amide bonds. The van der Waals surface area contributed by atoms with Crippen LogP contribution in [-0.2, 0) is 12.0 Å². The lowest BCUT2D eigenvalue weighted by Crippen LogP contribution is -2.18. The van der Waals surface area contributed by atoms with E-state index in [1.165, 1.54) is 11.1 Å². The van der Waals surface area contributed by atoms with Gasteiger partial charge < -0.3 is 5.11 Å². The first-order chi connectivity index (χ1) is 15.8. The van der Waals surface area contributed by atoms with Crippen molar-refractivity contribution in [2.45, 2.75) is 37.5 Å². The Bertz CT molecular complexity index is 1290. The van der Waals surface area contributed by atoms with E-state index in [-0.39, 0.29) is 5.25 Å². The Balaban J connectivity index is 1.47. The molecular formula is C29H28ClNOS. The number of hydrogen-bond donors (Lipinski definition) is 2. The van der Waals surface area contributed by atoms with E-state index in [1.807, 2.05) is 62.4 Å². The molecule has 0 saturated heterocycles. The Hall–Kier alpha value is -2.59. The van der Waals surface area contributed by atoms with Gasteiger partial charge in [0, 0.05) is 15.7 Å². The van der Waals surface area contributed by atoms with Crippen molar-refractivity contribution in [1.82, 2.24) is 4.98 Å². The van der Waals surface area contributed by atoms with E-state index in [0.717, 1.165) is 40.6 Å². The minimum atomic E-state index is -0.852. The number of halogens is 1. The third-order valence-electron chi connectivity index (χ3n) is 5.78. The first-order valence-electron chi connectivity index (χ1n) is 11.1. The van der Waals surface area contributed by atoms with Gasteiger partial charge in [-0.1, -0.05) is 78.3 Å². The van der Waals surface area contributed by atoms with E-state index in [4.69, 9.17) is 29.2 Å². The van der Waals surface area contributed by atoms with Crippen LogP contribution in [0.1, 0.15) is 53.5 Å². The molecule has 0 saturated carbocycles. The van der Waals surface area contributed by atoms with Crippen LogP contribution < -0.4 is 0 Å². The van der Waals surface area contributed by atoms with Crippen molar-refractivity contribution in [2.75, 3.05) is 0 Å². The first-order valence-corrected chi connectivity index (χ1v) is 12.0. The van der Waals surface area contributed by atoms with Crippen molar-refractivity contribution in [3.05, 3.63) is 112 Å². The molecule has 1 heterocycles. The average molecular weight is 474 g/mol. The van der Waals surface area contributed by atoms with Crippen LogP contribution in [0, 0.1) is 0 Å². The number of thiol groups is 1. The molecule has 33 heavy (non-hydrogen) atoms. The number of aliphatic hydroxyl groups is 1. The van der Waals surface area contributed by atoms with Crippen LogP contribution in [0.15, 0.2) is 78.9 Å². The van der Waals surface area contributed by atoms with Crippen LogP contribution in [0.3, 0.4) is 0 Å². The van der Waals surface area contributed by atoms with Crippen molar-refractivity contribution >= 4 is 47.3 Å². The number of pyridine rings is 1. The van der Waals surface area contributed by atoms with Gasteiger partial charge in [-0.25, -0.2) is 4.98 Å². The van der Waals surface area contributed by atoms with E-state index in [0.29, 0.717) is 5.02 Å². The van der Waals surface area contributed by atoms with Crippen molar-refractivity contribution in [2.24, 2.45) is 0 Å². The molecule has 1 aromatic heterocycles. The minimum absolute atomic E-state index is 0.106. The lowest BCUT2D eigenvalue weighted by molar-refractivity contribution is 0.0776. The molecule has 0 aliphatic heterocycles. The molecule has 1 unspecified atom stereocenters. The van der Waals surface area contributed by atoms with E-state index < -0.39 is 5.60 Å². The highest BCUT2D eigenvalue weighted by Gasteiger charge is 2.19. The lowest BCUT2D eigenvalue weighted by atomic mass is 9.90. The Kier molecular flexibility index (Phi) is 7.23. The number of aryl methyl sites for hydroxylation is 1. The van der Waals surface area contributed by atoms with Gasteiger partial charge in [0.2, 0.25) is 0 Å². The first kappa shape index (κ1) is 23.6. The number of hydrogen-bond acceptors (Lipinski definition) is 3. The van der Waals surface area contributed by atoms with Crippen LogP contribution in [0.25, 0.3) is 23.1 Å². The second-order valence-corrected chi connectivity index (χ2v) is 9.91. The number of nitrogens with zero attached hydrogens (tertiary/aromatic N) is 1. The normalized spacial score (nSPS) is 13.0. The smallest absolute Gasteiger partial charge is 0.0843 e. The SMILES string of the molecule is CC(C)(O)c1ccccc1CCC(S)c1cccc(/C=C/c2ccc3ccc(Cl)cc3n2)c1. The van der Waals surface area contributed by atoms with Gasteiger partial charge in [0.25, 0.3) is 0 Å². The summed E-state index contributed by atoms with van der Waals surface area (Å²) in [5.41, 5.74) is 5.36. The van der Waals surface area contributed by atoms with Crippen LogP contribution in [0.5, 0.6) is 0 Å². The fourth-order valence-electron chi connectivity index (χ4n) is 4.04. The fraction of sp³-hybridized carbons (Fsp3) is 0.207. The third-order valence-corrected chi connectivity index (χ3v) is 6.57. The Morgan fingerprint density at radius 2 is 1.76 bits per heavy atom. The summed E-state index contributed by atoms with van der Waals surface area (Å²) in [7, 11) is 0. The summed E-state index contributed by atoms with van der Waals surface area (Å²) >= 11 is 11.0. The van der Waals surface area contributed by atoms with Crippen LogP contribution in [0.4, 0.5) is 0 Å². The Morgan fingerprint density at radius 1 is 0.970 bits per heavy atom. The molecule has 1 N–H and O–H groups in total. The van der Waals surface area contributed by atoms with E-state index in [9.17, 15) is 5.11 Å². The molecule has 3 aromatic carbocycles. The van der Waals surface area contributed by atoms with Gasteiger partial charge >= 0.3 is 0 Å². The quantitative estimate of drug-likeness (QED) is 0.267. The zero-order valence-corrected chi connectivity index (χ0v) is 20.5. The molecule has 0 aliphatic carbocycles. The number of rotatable bonds is 7. The summed E-state index contributed by atoms with van der Waals surface area (Å²) in [4.78, 5) is 4.69. The molecule has 1 atom stereocenters. The molecule has 4 heteroatoms. The predicted molar refractivity (Wildman–Crippen MR) is 144 cm³/mol. The van der Waals surface area contributed by atoms with Crippen molar-refractivity contribution < 1.29 is 5.11 Å². The van der Waals surface area contributed by atoms with Gasteiger partial charge in [0.15, 0.2) is 0 Å². The largest absolute Gasteiger partial charge is 0.386 e. The number of aromatic nitrogens is 1. The number of fused-ring (bicyclic) bond motifs is 1. The highest BCUT2D eigenvalue weighted by atomic mass is 35.5. The lowest BCUT2D eigenvalue weighted by Gasteiger charge is -2.22. The topological polar surface area (TPSA) is 33.1 Å². The second-order valence-electron chi connectivity index (χ2n) is 8.85. The van der Waals surface area contributed by atoms with E-state index in [1.54, 1.807) is 0 Å². The summed E-state index contributed by atoms with van der Waals surface area (Å²) in [6.07, 6.45) is 5.84. The summed E-state index contributed by atoms with van der Waals surface area (Å²) in [5.74, 6) is 0. The van der Waals surface area contributed by atoms with E-state index in [2.05, 4.69) is 42.5 Å². The zero-order valence-electron chi connectivity index (χ0n) is 18.9. The van der Waals surface area contributed by atoms with Gasteiger partial charge in [-0.2, -0.15) is 12.6 Å². The summed E-state index contributed by atoms with van der Waals surface area (Å²) in [5, 5.41) is 12.3. The van der Waals surface area contributed by atoms with Crippen LogP contribution >= 0.6 is 24.2 Å². The molecule has 0 aliphatic rings. The molecule has 0 bridgehead atoms. The van der Waals surface area contributed by atoms with Gasteiger partial charge in [-0.15, -0.1) is 0 Å². The highest BCUT2D eigenvalue weighted by Crippen LogP contribution is 2.30. The summed E-state index contributed by atoms with van der Waals surface area (Å²) in [6, 6.07) is 26.4. The molecule has 0 radical (unpaired) electrons. The second kappa shape index (κ2) is 10.1. The van der Waals surface area contributed by atoms with Crippen LogP contribution in [0.2, 0.25) is 5.02 Å². The van der Waals surface area contributed by atoms with Gasteiger partial charge in [-0.05, 0) is 73.2 Å². The summed E-state index contributed by atoms with van der Waals surface area (Å²) < 4.78 is 0. The van der Waals surface area contributed by atoms with Gasteiger partial charge in [-0.3, -0.25) is 0 Å². The van der Waals surface area contributed by atoms with Gasteiger partial charge in [0.1, 0.15) is 0 Å². The molecule has 4 aromatic rings. The fourth-order valence-corrected chi connectivity index (χ4v) is 4.50. The van der Waals surface area contributed by atoms with Crippen molar-refractivity contribution in [3.8, 4) is 0 Å². The summed E-state index contributed by atoms with van der Waals surface area (Å²) in [6.45, 7) is 3.66. The van der Waals surface area contributed by atoms with Crippen LogP contribution in [-0.4, -0.2) is 10.1 Å². The zero-order chi connectivity index (χ0) is 23.4. The predicted octanol–water partition coefficient (Wildman–Crippen LogP) is 7.89. The third kappa shape index (κ3) is 6.05. The van der Waals surface area contributed by atoms with Gasteiger partial charge in [0.05, 0.1) is 16.8 Å². The Morgan fingerprint density at radius 3 is 2.58 bits per heavy atom. The standard InChI is InChI=1S/C29H28ClNOS/c1-29(2,32)26-9-4-3-7-21(26)13-17-28(33)23-8-5-6-20(18-23)10-15-25-16-12-22-11-14-24(30)19-27(22)31-25/h3-12,14-16,18-19,28,32-33H,13,17H2,1-2H3/b15-10+. The van der Waals surface area contributed by atoms with E-state index >= 15 is 0 Å². The molecule has 168 valence electrons. The monoisotopic (exact) mass is 473 g/mol. The minimum Gasteiger partial charge on any atom is -0.386 e. The van der Waals surface area contributed by atoms with Crippen molar-refractivity contribution in [1.29, 1.82) is 0 Å². The molecular weight excluding hydrogens is 446 g/mol. The molecule has 2 nitrogen and oxygen atoms in total. The maximum atomic E-state index is 10.5. The number of benzene rings is 3. The average Bonchev–Trinajstić information content (AvgIpc) is 2.80. The van der Waals surface area contributed by atoms with Crippen molar-refractivity contribution in [3.63, 3.8) is 0 Å². The Labute approximate surface area is 206 Å². The maximum Gasteiger partial charge on any atom is 0.0843 e. The molecule has 0 fully saturated rings. The molecule has 0 spiro atoms.